The van der Waals surface area contributed by atoms with Gasteiger partial charge in [-0.2, -0.15) is 0 Å². The first-order valence-corrected chi connectivity index (χ1v) is 4.93. The van der Waals surface area contributed by atoms with Gasteiger partial charge in [-0.15, -0.1) is 5.10 Å². The number of H-pyrrole nitrogens is 1. The first kappa shape index (κ1) is 12.9. The summed E-state index contributed by atoms with van der Waals surface area (Å²) in [4.78, 5) is 21.6. The Morgan fingerprint density at radius 1 is 1.36 bits per heavy atom. The third-order valence-corrected chi connectivity index (χ3v) is 1.13. The summed E-state index contributed by atoms with van der Waals surface area (Å²) in [7, 11) is -4.64. The fraction of sp³-hybridized carbons (Fsp3) is 0. The zero-order valence-electron chi connectivity index (χ0n) is 6.65. The maximum absolute atomic E-state index is 8.88. The molecule has 11 heteroatoms. The number of hydrogen-bond acceptors (Lipinski definition) is 6. The highest BCUT2D eigenvalue weighted by Crippen LogP contribution is 2.25. The zero-order valence-corrected chi connectivity index (χ0v) is 8.37. The number of nitrogens with zero attached hydrogens (tertiary/aromatic N) is 2. The molecule has 0 bridgehead atoms. The predicted molar refractivity (Wildman–Crippen MR) is 50.3 cm³/mol. The van der Waals surface area contributed by atoms with E-state index < -0.39 is 7.82 Å². The van der Waals surface area contributed by atoms with E-state index in [1.807, 2.05) is 0 Å². The van der Waals surface area contributed by atoms with Gasteiger partial charge in [0, 0.05) is 0 Å². The smallest absolute Gasteiger partial charge is 0.393 e. The quantitative estimate of drug-likeness (QED) is 0.240. The van der Waals surface area contributed by atoms with Crippen molar-refractivity contribution in [2.45, 2.75) is 0 Å². The van der Waals surface area contributed by atoms with Gasteiger partial charge in [0.2, 0.25) is 0 Å². The largest absolute Gasteiger partial charge is 0.466 e. The Morgan fingerprint density at radius 2 is 1.79 bits per heavy atom. The Balaban J connectivity index is 0.000000292. The highest BCUT2D eigenvalue weighted by Gasteiger charge is 2.00. The van der Waals surface area contributed by atoms with E-state index in [0.717, 1.165) is 0 Å². The molecule has 0 aliphatic rings. The summed E-state index contributed by atoms with van der Waals surface area (Å²) in [5, 5.41) is 9.17. The molecule has 0 unspecified atom stereocenters. The second-order valence-electron chi connectivity index (χ2n) is 1.96. The summed E-state index contributed by atoms with van der Waals surface area (Å²) in [6.45, 7) is 0. The Hall–Kier alpha value is -1.06. The van der Waals surface area contributed by atoms with Gasteiger partial charge in [0.25, 0.3) is 0 Å². The minimum Gasteiger partial charge on any atom is -0.393 e. The normalized spacial score (nSPS) is 10.2. The molecule has 1 aromatic rings. The number of nitrogen functional groups attached to an aromatic ring is 2. The van der Waals surface area contributed by atoms with E-state index in [1.165, 1.54) is 0 Å². The topological polar surface area (TPSA) is 171 Å². The van der Waals surface area contributed by atoms with Gasteiger partial charge in [-0.1, -0.05) is 17.4 Å². The molecule has 0 aromatic carbocycles. The van der Waals surface area contributed by atoms with Gasteiger partial charge in [0.05, 0.1) is 0 Å². The van der Waals surface area contributed by atoms with Gasteiger partial charge < -0.3 is 26.1 Å². The van der Waals surface area contributed by atoms with Crippen LogP contribution in [0.2, 0.25) is 0 Å². The van der Waals surface area contributed by atoms with E-state index in [0.29, 0.717) is 0 Å². The fourth-order valence-electron chi connectivity index (χ4n) is 0.354. The van der Waals surface area contributed by atoms with Crippen molar-refractivity contribution in [2.75, 3.05) is 11.5 Å². The van der Waals surface area contributed by atoms with Crippen LogP contribution in [0, 0.1) is 4.64 Å². The number of anilines is 2. The molecule has 14 heavy (non-hydrogen) atoms. The van der Waals surface area contributed by atoms with Gasteiger partial charge in [0.15, 0.2) is 4.64 Å². The van der Waals surface area contributed by atoms with E-state index in [4.69, 9.17) is 30.7 Å². The summed E-state index contributed by atoms with van der Waals surface area (Å²) in [6.07, 6.45) is 0. The Morgan fingerprint density at radius 3 is 2.07 bits per heavy atom. The third kappa shape index (κ3) is 6.46. The van der Waals surface area contributed by atoms with Crippen molar-refractivity contribution < 1.29 is 19.2 Å². The molecule has 0 spiro atoms. The van der Waals surface area contributed by atoms with Crippen LogP contribution in [0.5, 0.6) is 0 Å². The first-order chi connectivity index (χ1) is 6.22. The maximum atomic E-state index is 8.88. The van der Waals surface area contributed by atoms with Crippen LogP contribution >= 0.6 is 20.0 Å². The molecule has 0 amide bonds. The molecule has 0 atom stereocenters. The maximum Gasteiger partial charge on any atom is 0.466 e. The van der Waals surface area contributed by atoms with Crippen LogP contribution in [0.15, 0.2) is 0 Å². The van der Waals surface area contributed by atoms with E-state index in [1.54, 1.807) is 0 Å². The van der Waals surface area contributed by atoms with Crippen LogP contribution in [0.4, 0.5) is 11.5 Å². The minimum absolute atomic E-state index is 0.228. The summed E-state index contributed by atoms with van der Waals surface area (Å²) >= 11 is 4.64. The van der Waals surface area contributed by atoms with Gasteiger partial charge in [0.1, 0.15) is 11.5 Å². The van der Waals surface area contributed by atoms with Crippen LogP contribution in [0.25, 0.3) is 0 Å². The van der Waals surface area contributed by atoms with Crippen LogP contribution in [0.1, 0.15) is 0 Å². The van der Waals surface area contributed by atoms with Crippen molar-refractivity contribution >= 4 is 31.5 Å². The second-order valence-corrected chi connectivity index (χ2v) is 3.37. The summed E-state index contributed by atoms with van der Waals surface area (Å²) < 4.78 is 9.11. The first-order valence-electron chi connectivity index (χ1n) is 2.96. The molecule has 0 saturated carbocycles. The minimum atomic E-state index is -4.64. The molecular weight excluding hydrogens is 233 g/mol. The van der Waals surface area contributed by atoms with Crippen molar-refractivity contribution in [3.8, 4) is 0 Å². The lowest BCUT2D eigenvalue weighted by molar-refractivity contribution is 0.275. The molecule has 1 heterocycles. The number of aromatic amines is 1. The third-order valence-electron chi connectivity index (χ3n) is 0.832. The van der Waals surface area contributed by atoms with Crippen molar-refractivity contribution in [3.05, 3.63) is 4.64 Å². The van der Waals surface area contributed by atoms with Crippen molar-refractivity contribution in [2.24, 2.45) is 0 Å². The van der Waals surface area contributed by atoms with Crippen LogP contribution in [0.3, 0.4) is 0 Å². The molecule has 0 saturated heterocycles. The van der Waals surface area contributed by atoms with Crippen molar-refractivity contribution in [3.63, 3.8) is 0 Å². The lowest BCUT2D eigenvalue weighted by atomic mass is 10.5. The molecule has 0 aliphatic carbocycles. The second kappa shape index (κ2) is 4.98. The Bertz CT molecular complexity index is 392. The van der Waals surface area contributed by atoms with Gasteiger partial charge in [-0.3, -0.25) is 0 Å². The van der Waals surface area contributed by atoms with Crippen LogP contribution in [-0.4, -0.2) is 30.1 Å². The molecule has 9 nitrogen and oxygen atoms in total. The molecule has 1 rings (SSSR count). The molecule has 0 radical (unpaired) electrons. The van der Waals surface area contributed by atoms with E-state index in [9.17, 15) is 0 Å². The number of nitrogens with two attached hydrogens (primary N) is 2. The summed E-state index contributed by atoms with van der Waals surface area (Å²) in [5.41, 5.74) is 10.9. The zero-order chi connectivity index (χ0) is 11.4. The number of nitrogens with one attached hydrogen (secondary N) is 1. The highest BCUT2D eigenvalue weighted by atomic mass is 32.1. The molecule has 0 aliphatic heterocycles. The van der Waals surface area contributed by atoms with Crippen LogP contribution < -0.4 is 11.5 Å². The Kier molecular flexibility index (Phi) is 4.60. The molecule has 8 N–H and O–H groups in total. The Labute approximate surface area is 83.0 Å². The predicted octanol–water partition coefficient (Wildman–Crippen LogP) is -1.23. The SMILES string of the molecule is Nc1[nH]nnc(=S)c1N.O=P(O)(O)O. The number of aromatic nitrogens is 3. The lowest BCUT2D eigenvalue weighted by Crippen LogP contribution is -2.01. The fourth-order valence-corrected chi connectivity index (χ4v) is 0.504. The average Bonchev–Trinajstić information content (AvgIpc) is 1.97. The van der Waals surface area contributed by atoms with Crippen molar-refractivity contribution in [1.82, 2.24) is 15.4 Å². The van der Waals surface area contributed by atoms with Gasteiger partial charge >= 0.3 is 7.82 Å². The summed E-state index contributed by atoms with van der Waals surface area (Å²) in [5.74, 6) is 0.259. The van der Waals surface area contributed by atoms with Gasteiger partial charge in [-0.25, -0.2) is 9.66 Å². The molecule has 1 aromatic heterocycles. The van der Waals surface area contributed by atoms with Gasteiger partial charge in [-0.05, 0) is 0 Å². The van der Waals surface area contributed by atoms with Crippen molar-refractivity contribution in [1.29, 1.82) is 0 Å². The molecule has 0 fully saturated rings. The lowest BCUT2D eigenvalue weighted by Gasteiger charge is -1.93. The molecular formula is C3H8N5O4PS. The highest BCUT2D eigenvalue weighted by molar-refractivity contribution is 7.71. The van der Waals surface area contributed by atoms with Crippen LogP contribution in [-0.2, 0) is 4.57 Å². The van der Waals surface area contributed by atoms with E-state index >= 15 is 0 Å². The number of phosphoric acid groups is 1. The molecule has 80 valence electrons. The summed E-state index contributed by atoms with van der Waals surface area (Å²) in [6, 6.07) is 0. The standard InChI is InChI=1S/C3H5N5S.H3O4P/c4-1-2(5)6-8-7-3(1)9;1-5(2,3)4/h(H2,4,8)(H3,5,6,7,9);(H3,1,2,3,4). The average molecular weight is 241 g/mol. The number of rotatable bonds is 0. The number of hydrogen-bond donors (Lipinski definition) is 6. The van der Waals surface area contributed by atoms with E-state index in [2.05, 4.69) is 27.6 Å². The van der Waals surface area contributed by atoms with E-state index in [-0.39, 0.29) is 16.1 Å². The monoisotopic (exact) mass is 241 g/mol.